The van der Waals surface area contributed by atoms with Gasteiger partial charge in [-0.15, -0.1) is 34.2 Å². The summed E-state index contributed by atoms with van der Waals surface area (Å²) in [6.45, 7) is 12.4. The molecule has 178 valence electrons. The quantitative estimate of drug-likeness (QED) is 0.267. The van der Waals surface area contributed by atoms with Gasteiger partial charge in [0, 0.05) is 37.9 Å². The molecule has 1 saturated heterocycles. The molecule has 2 aromatic rings. The standard InChI is InChI=1S/C23H37N7O.HI/c1-4-19(5-2)21(29-12-14-31-15-13-29)16-25-23(24-6-3)26-17-22-28-27-18-30(22)20-10-8-7-9-11-20;/h7-11,18-19,21H,4-6,12-17H2,1-3H3,(H2,24,25,26);1H. The van der Waals surface area contributed by atoms with Crippen LogP contribution in [0.25, 0.3) is 5.69 Å². The third-order valence-corrected chi connectivity index (χ3v) is 5.96. The van der Waals surface area contributed by atoms with Crippen LogP contribution in [0.3, 0.4) is 0 Å². The number of hydrogen-bond acceptors (Lipinski definition) is 5. The van der Waals surface area contributed by atoms with Crippen LogP contribution in [0.15, 0.2) is 41.7 Å². The number of benzene rings is 1. The Morgan fingerprint density at radius 3 is 2.47 bits per heavy atom. The molecule has 1 atom stereocenters. The molecule has 1 aromatic heterocycles. The van der Waals surface area contributed by atoms with Crippen molar-refractivity contribution in [2.75, 3.05) is 39.4 Å². The van der Waals surface area contributed by atoms with E-state index < -0.39 is 0 Å². The predicted molar refractivity (Wildman–Crippen MR) is 140 cm³/mol. The number of para-hydroxylation sites is 1. The molecule has 2 heterocycles. The van der Waals surface area contributed by atoms with Gasteiger partial charge in [0.15, 0.2) is 11.8 Å². The second-order valence-corrected chi connectivity index (χ2v) is 7.82. The summed E-state index contributed by atoms with van der Waals surface area (Å²) in [7, 11) is 0. The lowest BCUT2D eigenvalue weighted by atomic mass is 9.92. The van der Waals surface area contributed by atoms with Crippen molar-refractivity contribution in [3.8, 4) is 5.69 Å². The molecule has 1 aliphatic heterocycles. The zero-order valence-electron chi connectivity index (χ0n) is 19.5. The molecule has 1 fully saturated rings. The molecule has 0 amide bonds. The minimum atomic E-state index is 0. The van der Waals surface area contributed by atoms with Crippen molar-refractivity contribution in [1.29, 1.82) is 0 Å². The SMILES string of the molecule is CCNC(=NCc1nncn1-c1ccccc1)NCC(C(CC)CC)N1CCOCC1.I. The maximum Gasteiger partial charge on any atom is 0.191 e. The molecule has 3 rings (SSSR count). The van der Waals surface area contributed by atoms with Gasteiger partial charge in [0.05, 0.1) is 13.2 Å². The van der Waals surface area contributed by atoms with E-state index in [0.29, 0.717) is 18.5 Å². The molecule has 0 saturated carbocycles. The molecular weight excluding hydrogens is 517 g/mol. The molecule has 8 nitrogen and oxygen atoms in total. The molecule has 1 unspecified atom stereocenters. The molecule has 32 heavy (non-hydrogen) atoms. The van der Waals surface area contributed by atoms with Gasteiger partial charge >= 0.3 is 0 Å². The fourth-order valence-corrected chi connectivity index (χ4v) is 4.20. The van der Waals surface area contributed by atoms with Crippen LogP contribution in [0.4, 0.5) is 0 Å². The molecule has 1 aliphatic rings. The predicted octanol–water partition coefficient (Wildman–Crippen LogP) is 3.08. The van der Waals surface area contributed by atoms with Crippen molar-refractivity contribution in [3.63, 3.8) is 0 Å². The van der Waals surface area contributed by atoms with E-state index in [1.807, 2.05) is 34.9 Å². The van der Waals surface area contributed by atoms with Crippen LogP contribution in [-0.4, -0.2) is 71.1 Å². The summed E-state index contributed by atoms with van der Waals surface area (Å²) in [6, 6.07) is 10.6. The van der Waals surface area contributed by atoms with Crippen LogP contribution >= 0.6 is 24.0 Å². The van der Waals surface area contributed by atoms with Crippen molar-refractivity contribution >= 4 is 29.9 Å². The highest BCUT2D eigenvalue weighted by atomic mass is 127. The van der Waals surface area contributed by atoms with Crippen LogP contribution in [0.1, 0.15) is 39.4 Å². The zero-order valence-corrected chi connectivity index (χ0v) is 21.9. The van der Waals surface area contributed by atoms with Gasteiger partial charge < -0.3 is 15.4 Å². The number of aromatic nitrogens is 3. The fourth-order valence-electron chi connectivity index (χ4n) is 4.20. The lowest BCUT2D eigenvalue weighted by Gasteiger charge is -2.39. The average Bonchev–Trinajstić information content (AvgIpc) is 3.30. The van der Waals surface area contributed by atoms with Gasteiger partial charge in [0.1, 0.15) is 12.9 Å². The Morgan fingerprint density at radius 1 is 1.09 bits per heavy atom. The molecule has 9 heteroatoms. The molecule has 2 N–H and O–H groups in total. The Kier molecular flexibility index (Phi) is 12.0. The van der Waals surface area contributed by atoms with Gasteiger partial charge in [-0.1, -0.05) is 44.9 Å². The second-order valence-electron chi connectivity index (χ2n) is 7.82. The van der Waals surface area contributed by atoms with Gasteiger partial charge in [-0.2, -0.15) is 0 Å². The number of ether oxygens (including phenoxy) is 1. The number of morpholine rings is 1. The van der Waals surface area contributed by atoms with Crippen LogP contribution in [0.5, 0.6) is 0 Å². The number of hydrogen-bond donors (Lipinski definition) is 2. The highest BCUT2D eigenvalue weighted by Crippen LogP contribution is 2.19. The molecule has 0 spiro atoms. The first kappa shape index (κ1) is 26.5. The highest BCUT2D eigenvalue weighted by Gasteiger charge is 2.27. The molecule has 0 radical (unpaired) electrons. The average molecular weight is 556 g/mol. The number of rotatable bonds is 10. The van der Waals surface area contributed by atoms with Gasteiger partial charge in [-0.3, -0.25) is 9.47 Å². The summed E-state index contributed by atoms with van der Waals surface area (Å²) >= 11 is 0. The third kappa shape index (κ3) is 7.41. The Labute approximate surface area is 209 Å². The summed E-state index contributed by atoms with van der Waals surface area (Å²) < 4.78 is 7.56. The van der Waals surface area contributed by atoms with Crippen LogP contribution in [0.2, 0.25) is 0 Å². The number of nitrogens with zero attached hydrogens (tertiary/aromatic N) is 5. The minimum absolute atomic E-state index is 0. The topological polar surface area (TPSA) is 79.6 Å². The van der Waals surface area contributed by atoms with Crippen LogP contribution < -0.4 is 10.6 Å². The van der Waals surface area contributed by atoms with Crippen molar-refractivity contribution in [2.24, 2.45) is 10.9 Å². The van der Waals surface area contributed by atoms with Gasteiger partial charge in [-0.05, 0) is 25.0 Å². The van der Waals surface area contributed by atoms with Gasteiger partial charge in [0.25, 0.3) is 0 Å². The summed E-state index contributed by atoms with van der Waals surface area (Å²) in [5.41, 5.74) is 1.04. The Bertz CT molecular complexity index is 789. The van der Waals surface area contributed by atoms with Crippen molar-refractivity contribution < 1.29 is 4.74 Å². The Morgan fingerprint density at radius 2 is 1.81 bits per heavy atom. The first-order chi connectivity index (χ1) is 15.3. The van der Waals surface area contributed by atoms with E-state index in [-0.39, 0.29) is 24.0 Å². The lowest BCUT2D eigenvalue weighted by molar-refractivity contribution is 0.00272. The second kappa shape index (κ2) is 14.4. The molecule has 0 aliphatic carbocycles. The van der Waals surface area contributed by atoms with E-state index in [1.54, 1.807) is 6.33 Å². The third-order valence-electron chi connectivity index (χ3n) is 5.96. The number of guanidine groups is 1. The maximum atomic E-state index is 5.58. The molecule has 1 aromatic carbocycles. The number of nitrogens with one attached hydrogen (secondary N) is 2. The fraction of sp³-hybridized carbons (Fsp3) is 0.609. The number of halogens is 1. The lowest BCUT2D eigenvalue weighted by Crippen LogP contribution is -2.53. The monoisotopic (exact) mass is 555 g/mol. The van der Waals surface area contributed by atoms with E-state index in [2.05, 4.69) is 46.5 Å². The minimum Gasteiger partial charge on any atom is -0.379 e. The van der Waals surface area contributed by atoms with Crippen LogP contribution in [-0.2, 0) is 11.3 Å². The summed E-state index contributed by atoms with van der Waals surface area (Å²) in [4.78, 5) is 7.37. The van der Waals surface area contributed by atoms with E-state index in [0.717, 1.165) is 56.9 Å². The Hall–Kier alpha value is -1.72. The van der Waals surface area contributed by atoms with Crippen molar-refractivity contribution in [1.82, 2.24) is 30.3 Å². The van der Waals surface area contributed by atoms with E-state index in [9.17, 15) is 0 Å². The molecule has 0 bridgehead atoms. The summed E-state index contributed by atoms with van der Waals surface area (Å²) in [5, 5.41) is 15.3. The van der Waals surface area contributed by atoms with Gasteiger partial charge in [-0.25, -0.2) is 4.99 Å². The zero-order chi connectivity index (χ0) is 21.9. The first-order valence-electron chi connectivity index (χ1n) is 11.5. The van der Waals surface area contributed by atoms with Gasteiger partial charge in [0.2, 0.25) is 0 Å². The number of aliphatic imine (C=N–C) groups is 1. The highest BCUT2D eigenvalue weighted by molar-refractivity contribution is 14.0. The normalized spacial score (nSPS) is 15.9. The van der Waals surface area contributed by atoms with Crippen molar-refractivity contribution in [2.45, 2.75) is 46.2 Å². The Balaban J connectivity index is 0.00000363. The molecular formula is C23H38IN7O. The van der Waals surface area contributed by atoms with Crippen LogP contribution in [0, 0.1) is 5.92 Å². The summed E-state index contributed by atoms with van der Waals surface area (Å²) in [6.07, 6.45) is 4.09. The largest absolute Gasteiger partial charge is 0.379 e. The maximum absolute atomic E-state index is 5.58. The van der Waals surface area contributed by atoms with E-state index in [4.69, 9.17) is 9.73 Å². The van der Waals surface area contributed by atoms with Crippen molar-refractivity contribution in [3.05, 3.63) is 42.5 Å². The first-order valence-corrected chi connectivity index (χ1v) is 11.5. The van der Waals surface area contributed by atoms with E-state index in [1.165, 1.54) is 12.8 Å². The smallest absolute Gasteiger partial charge is 0.191 e. The summed E-state index contributed by atoms with van der Waals surface area (Å²) in [5.74, 6) is 2.28. The van der Waals surface area contributed by atoms with E-state index >= 15 is 0 Å².